The van der Waals surface area contributed by atoms with Crippen LogP contribution in [0.5, 0.6) is 23.0 Å². The van der Waals surface area contributed by atoms with Crippen LogP contribution < -0.4 is 18.9 Å². The number of ether oxygens (including phenoxy) is 4. The summed E-state index contributed by atoms with van der Waals surface area (Å²) in [5.74, 6) is 2.04. The molecule has 0 fully saturated rings. The second-order valence-electron chi connectivity index (χ2n) is 13.0. The maximum Gasteiger partial charge on any atom is 0.416 e. The summed E-state index contributed by atoms with van der Waals surface area (Å²) in [6.45, 7) is 0. The maximum atomic E-state index is 14.6. The van der Waals surface area contributed by atoms with Gasteiger partial charge in [-0.2, -0.15) is 31.6 Å². The molecule has 2 heterocycles. The third-order valence-corrected chi connectivity index (χ3v) is 9.94. The average molecular weight is 766 g/mol. The molecule has 0 unspecified atom stereocenters. The molecule has 0 aliphatic carbocycles. The summed E-state index contributed by atoms with van der Waals surface area (Å²) in [5.41, 5.74) is -0.811. The van der Waals surface area contributed by atoms with Crippen molar-refractivity contribution in [2.45, 2.75) is 12.4 Å². The molecule has 2 aromatic heterocycles. The number of hydrogen-bond donors (Lipinski definition) is 0. The van der Waals surface area contributed by atoms with Crippen molar-refractivity contribution in [1.82, 2.24) is 9.13 Å². The molecule has 0 aliphatic heterocycles. The Bertz CT molecular complexity index is 2610. The number of aromatic nitrogens is 2. The third-order valence-electron chi connectivity index (χ3n) is 9.94. The Morgan fingerprint density at radius 2 is 0.786 bits per heavy atom. The molecule has 6 aromatic carbocycles. The van der Waals surface area contributed by atoms with Gasteiger partial charge in [-0.15, -0.1) is 0 Å². The summed E-state index contributed by atoms with van der Waals surface area (Å²) in [4.78, 5) is 0. The predicted octanol–water partition coefficient (Wildman–Crippen LogP) is 11.5. The topological polar surface area (TPSA) is 70.6 Å². The lowest BCUT2D eigenvalue weighted by atomic mass is 9.94. The Kier molecular flexibility index (Phi) is 8.52. The monoisotopic (exact) mass is 765 g/mol. The van der Waals surface area contributed by atoms with E-state index in [4.69, 9.17) is 18.9 Å². The summed E-state index contributed by atoms with van der Waals surface area (Å²) in [7, 11) is 6.02. The van der Waals surface area contributed by atoms with Crippen molar-refractivity contribution in [3.05, 3.63) is 120 Å². The molecule has 0 amide bonds. The standard InChI is InChI=1S/C43H29F6N3O4/c1-53-27-5-9-35-31(18-27)32-19-28(54-2)6-10-36(32)51(35)39-13-23(22-50)14-40(41(39)24-15-25(42(44,45)46)17-26(16-24)43(47,48)49)52-37-11-7-29(55-3)20-33(37)34-21-30(56-4)8-12-38(34)52/h5-21H,1-4H3. The summed E-state index contributed by atoms with van der Waals surface area (Å²) in [6, 6.07) is 27.5. The summed E-state index contributed by atoms with van der Waals surface area (Å²) < 4.78 is 113. The van der Waals surface area contributed by atoms with Crippen LogP contribution in [-0.4, -0.2) is 37.6 Å². The highest BCUT2D eigenvalue weighted by atomic mass is 19.4. The fraction of sp³-hybridized carbons (Fsp3) is 0.140. The highest BCUT2D eigenvalue weighted by Crippen LogP contribution is 2.47. The molecule has 0 spiro atoms. The van der Waals surface area contributed by atoms with E-state index in [1.165, 1.54) is 40.6 Å². The van der Waals surface area contributed by atoms with Crippen molar-refractivity contribution in [2.75, 3.05) is 28.4 Å². The van der Waals surface area contributed by atoms with Gasteiger partial charge in [-0.1, -0.05) is 0 Å². The number of methoxy groups -OCH3 is 4. The van der Waals surface area contributed by atoms with Crippen LogP contribution >= 0.6 is 0 Å². The van der Waals surface area contributed by atoms with Crippen molar-refractivity contribution in [2.24, 2.45) is 0 Å². The first-order valence-corrected chi connectivity index (χ1v) is 17.0. The van der Waals surface area contributed by atoms with E-state index >= 15 is 0 Å². The fourth-order valence-corrected chi connectivity index (χ4v) is 7.41. The third kappa shape index (κ3) is 5.85. The minimum Gasteiger partial charge on any atom is -0.497 e. The highest BCUT2D eigenvalue weighted by Gasteiger charge is 2.38. The smallest absolute Gasteiger partial charge is 0.416 e. The van der Waals surface area contributed by atoms with Crippen molar-refractivity contribution < 1.29 is 45.3 Å². The minimum absolute atomic E-state index is 0.00327. The van der Waals surface area contributed by atoms with Crippen LogP contribution in [0.3, 0.4) is 0 Å². The van der Waals surface area contributed by atoms with E-state index in [1.807, 2.05) is 0 Å². The number of fused-ring (bicyclic) bond motifs is 6. The molecule has 0 N–H and O–H groups in total. The lowest BCUT2D eigenvalue weighted by Crippen LogP contribution is -2.12. The first-order valence-electron chi connectivity index (χ1n) is 17.0. The van der Waals surface area contributed by atoms with E-state index in [9.17, 15) is 31.6 Å². The van der Waals surface area contributed by atoms with E-state index < -0.39 is 23.5 Å². The zero-order chi connectivity index (χ0) is 39.7. The summed E-state index contributed by atoms with van der Waals surface area (Å²) in [6.07, 6.45) is -10.3. The van der Waals surface area contributed by atoms with E-state index in [0.717, 1.165) is 0 Å². The van der Waals surface area contributed by atoms with Crippen molar-refractivity contribution in [1.29, 1.82) is 5.26 Å². The Balaban J connectivity index is 1.62. The molecular formula is C43H29F6N3O4. The number of nitriles is 1. The Morgan fingerprint density at radius 3 is 1.05 bits per heavy atom. The Labute approximate surface area is 315 Å². The van der Waals surface area contributed by atoms with Gasteiger partial charge >= 0.3 is 12.4 Å². The lowest BCUT2D eigenvalue weighted by molar-refractivity contribution is -0.143. The van der Waals surface area contributed by atoms with E-state index in [0.29, 0.717) is 78.7 Å². The van der Waals surface area contributed by atoms with Crippen molar-refractivity contribution in [3.8, 4) is 51.6 Å². The molecule has 0 atom stereocenters. The Morgan fingerprint density at radius 1 is 0.464 bits per heavy atom. The number of hydrogen-bond acceptors (Lipinski definition) is 5. The Hall–Kier alpha value is -6.81. The summed E-state index contributed by atoms with van der Waals surface area (Å²) in [5, 5.41) is 13.2. The van der Waals surface area contributed by atoms with Gasteiger partial charge in [-0.25, -0.2) is 0 Å². The maximum absolute atomic E-state index is 14.6. The molecule has 13 heteroatoms. The second kappa shape index (κ2) is 13.2. The number of halogens is 6. The zero-order valence-corrected chi connectivity index (χ0v) is 30.1. The lowest BCUT2D eigenvalue weighted by Gasteiger charge is -2.22. The predicted molar refractivity (Wildman–Crippen MR) is 201 cm³/mol. The van der Waals surface area contributed by atoms with Crippen molar-refractivity contribution >= 4 is 43.6 Å². The van der Waals surface area contributed by atoms with Gasteiger partial charge in [0.15, 0.2) is 0 Å². The molecule has 0 saturated heterocycles. The van der Waals surface area contributed by atoms with Crippen LogP contribution in [-0.2, 0) is 12.4 Å². The van der Waals surface area contributed by atoms with Crippen LogP contribution in [0.25, 0.3) is 66.1 Å². The van der Waals surface area contributed by atoms with E-state index in [-0.39, 0.29) is 34.1 Å². The first-order chi connectivity index (χ1) is 26.8. The van der Waals surface area contributed by atoms with Crippen LogP contribution in [0.4, 0.5) is 26.3 Å². The number of rotatable bonds is 7. The molecular weight excluding hydrogens is 736 g/mol. The normalized spacial score (nSPS) is 12.1. The van der Waals surface area contributed by atoms with Crippen LogP contribution in [0.15, 0.2) is 103 Å². The SMILES string of the molecule is COc1ccc2c(c1)c1cc(OC)ccc1n2-c1cc(C#N)cc(-n2c3ccc(OC)cc3c3cc(OC)ccc32)c1-c1cc(C(F)(F)F)cc(C(F)(F)F)c1. The molecule has 0 bridgehead atoms. The highest BCUT2D eigenvalue weighted by molar-refractivity contribution is 6.13. The second-order valence-corrected chi connectivity index (χ2v) is 13.0. The van der Waals surface area contributed by atoms with Gasteiger partial charge in [0.25, 0.3) is 0 Å². The quantitative estimate of drug-likeness (QED) is 0.151. The van der Waals surface area contributed by atoms with E-state index in [1.54, 1.807) is 81.9 Å². The minimum atomic E-state index is -5.14. The van der Waals surface area contributed by atoms with Gasteiger partial charge in [0.1, 0.15) is 23.0 Å². The van der Waals surface area contributed by atoms with E-state index in [2.05, 4.69) is 6.07 Å². The molecule has 0 saturated carbocycles. The molecule has 282 valence electrons. The fourth-order valence-electron chi connectivity index (χ4n) is 7.41. The largest absolute Gasteiger partial charge is 0.497 e. The van der Waals surface area contributed by atoms with Gasteiger partial charge < -0.3 is 28.1 Å². The van der Waals surface area contributed by atoms with Crippen LogP contribution in [0, 0.1) is 11.3 Å². The van der Waals surface area contributed by atoms with Gasteiger partial charge in [0, 0.05) is 27.1 Å². The first kappa shape index (κ1) is 36.2. The molecule has 56 heavy (non-hydrogen) atoms. The van der Waals surface area contributed by atoms with Crippen molar-refractivity contribution in [3.63, 3.8) is 0 Å². The van der Waals surface area contributed by atoms with Gasteiger partial charge in [0.05, 0.1) is 84.6 Å². The molecule has 8 aromatic rings. The van der Waals surface area contributed by atoms with Gasteiger partial charge in [0.2, 0.25) is 0 Å². The van der Waals surface area contributed by atoms with Gasteiger partial charge in [-0.05, 0) is 109 Å². The summed E-state index contributed by atoms with van der Waals surface area (Å²) >= 11 is 0. The van der Waals surface area contributed by atoms with Crippen LogP contribution in [0.1, 0.15) is 16.7 Å². The number of alkyl halides is 6. The molecule has 0 radical (unpaired) electrons. The molecule has 8 rings (SSSR count). The number of benzene rings is 6. The zero-order valence-electron chi connectivity index (χ0n) is 30.1. The molecule has 7 nitrogen and oxygen atoms in total. The number of nitrogens with zero attached hydrogens (tertiary/aromatic N) is 3. The van der Waals surface area contributed by atoms with Gasteiger partial charge in [-0.3, -0.25) is 0 Å². The average Bonchev–Trinajstić information content (AvgIpc) is 3.70. The molecule has 0 aliphatic rings. The van der Waals surface area contributed by atoms with Crippen LogP contribution in [0.2, 0.25) is 0 Å².